The smallest absolute Gasteiger partial charge is 0.345 e. The molecule has 0 fully saturated rings. The van der Waals surface area contributed by atoms with Gasteiger partial charge >= 0.3 is 5.97 Å². The predicted molar refractivity (Wildman–Crippen MR) is 82.0 cm³/mol. The van der Waals surface area contributed by atoms with Gasteiger partial charge in [-0.25, -0.2) is 9.78 Å². The van der Waals surface area contributed by atoms with Crippen LogP contribution >= 0.6 is 12.4 Å². The largest absolute Gasteiger partial charge is 0.506 e. The molecule has 2 aromatic heterocycles. The molecule has 0 aromatic carbocycles. The zero-order valence-electron chi connectivity index (χ0n) is 12.1. The minimum absolute atomic E-state index is 0. The van der Waals surface area contributed by atoms with Gasteiger partial charge in [-0.1, -0.05) is 0 Å². The summed E-state index contributed by atoms with van der Waals surface area (Å²) >= 11 is 0. The van der Waals surface area contributed by atoms with Crippen molar-refractivity contribution in [2.45, 2.75) is 33.2 Å². The van der Waals surface area contributed by atoms with Crippen LogP contribution in [0.1, 0.15) is 33.7 Å². The van der Waals surface area contributed by atoms with Gasteiger partial charge < -0.3 is 19.8 Å². The number of carboxylic acid groups (broad SMARTS) is 1. The normalized spacial score (nSPS) is 12.8. The average Bonchev–Trinajstić information content (AvgIpc) is 2.58. The first-order valence-electron chi connectivity index (χ1n) is 6.67. The van der Waals surface area contributed by atoms with Crippen LogP contribution in [0.25, 0.3) is 11.5 Å². The lowest BCUT2D eigenvalue weighted by molar-refractivity contribution is 0.0691. The first-order chi connectivity index (χ1) is 9.91. The highest BCUT2D eigenvalue weighted by Gasteiger charge is 2.27. The number of aromatic amines is 1. The third-order valence-corrected chi connectivity index (χ3v) is 3.99. The minimum Gasteiger partial charge on any atom is -0.506 e. The Kier molecular flexibility index (Phi) is 4.02. The summed E-state index contributed by atoms with van der Waals surface area (Å²) < 4.78 is 1.98. The lowest BCUT2D eigenvalue weighted by Gasteiger charge is -2.09. The van der Waals surface area contributed by atoms with Crippen molar-refractivity contribution in [1.29, 1.82) is 0 Å². The lowest BCUT2D eigenvalue weighted by Crippen LogP contribution is -2.20. The van der Waals surface area contributed by atoms with E-state index in [4.69, 9.17) is 5.11 Å². The number of aromatic nitrogens is 3. The van der Waals surface area contributed by atoms with Crippen molar-refractivity contribution in [3.8, 4) is 17.3 Å². The van der Waals surface area contributed by atoms with Crippen LogP contribution in [-0.4, -0.2) is 30.7 Å². The molecule has 0 saturated heterocycles. The summed E-state index contributed by atoms with van der Waals surface area (Å²) in [6.07, 6.45) is 1.22. The number of halogens is 1. The Hall–Kier alpha value is -2.28. The van der Waals surface area contributed by atoms with E-state index in [-0.39, 0.29) is 12.4 Å². The number of fused-ring (bicyclic) bond motifs is 3. The maximum Gasteiger partial charge on any atom is 0.345 e. The van der Waals surface area contributed by atoms with E-state index in [0.717, 1.165) is 17.8 Å². The summed E-state index contributed by atoms with van der Waals surface area (Å²) in [5, 5.41) is 19.2. The molecule has 22 heavy (non-hydrogen) atoms. The third kappa shape index (κ3) is 2.18. The first kappa shape index (κ1) is 16.1. The molecule has 0 spiro atoms. The molecule has 0 saturated carbocycles. The number of carbonyl (C=O) groups is 1. The van der Waals surface area contributed by atoms with Gasteiger partial charge in [-0.15, -0.1) is 12.4 Å². The van der Waals surface area contributed by atoms with Crippen molar-refractivity contribution < 1.29 is 15.0 Å². The molecular formula is C14H16ClN3O4. The maximum absolute atomic E-state index is 11.9. The van der Waals surface area contributed by atoms with Crippen molar-refractivity contribution in [1.82, 2.24) is 14.5 Å². The van der Waals surface area contributed by atoms with E-state index in [1.165, 1.54) is 0 Å². The maximum atomic E-state index is 11.9. The Morgan fingerprint density at radius 3 is 2.68 bits per heavy atom. The van der Waals surface area contributed by atoms with E-state index in [9.17, 15) is 14.7 Å². The Morgan fingerprint density at radius 2 is 2.05 bits per heavy atom. The second kappa shape index (κ2) is 5.49. The highest BCUT2D eigenvalue weighted by molar-refractivity contribution is 5.91. The number of hydrogen-bond donors (Lipinski definition) is 3. The number of nitrogens with zero attached hydrogens (tertiary/aromatic N) is 2. The van der Waals surface area contributed by atoms with Gasteiger partial charge in [-0.05, 0) is 26.7 Å². The van der Waals surface area contributed by atoms with Crippen LogP contribution in [0.2, 0.25) is 0 Å². The van der Waals surface area contributed by atoms with Crippen molar-refractivity contribution in [2.24, 2.45) is 0 Å². The fourth-order valence-electron chi connectivity index (χ4n) is 2.79. The Balaban J connectivity index is 0.00000176. The molecule has 8 heteroatoms. The molecule has 3 rings (SSSR count). The standard InChI is InChI=1S/C14H15N3O4.ClH/c1-6-7(2)17-5-3-4-8-10(12(17)15-6)16-13(19)9(11(8)18)14(20)21;/h3-5H2,1-2H3,(H,20,21)(H2,16,18,19);1H. The van der Waals surface area contributed by atoms with Crippen LogP contribution in [-0.2, 0) is 13.0 Å². The molecule has 1 aliphatic rings. The summed E-state index contributed by atoms with van der Waals surface area (Å²) in [6, 6.07) is 0. The zero-order valence-corrected chi connectivity index (χ0v) is 13.0. The summed E-state index contributed by atoms with van der Waals surface area (Å²) in [4.78, 5) is 30.1. The molecule has 0 amide bonds. The first-order valence-corrected chi connectivity index (χ1v) is 6.67. The number of rotatable bonds is 1. The van der Waals surface area contributed by atoms with Crippen LogP contribution < -0.4 is 5.56 Å². The molecule has 0 unspecified atom stereocenters. The van der Waals surface area contributed by atoms with Gasteiger partial charge in [0.05, 0.1) is 11.4 Å². The van der Waals surface area contributed by atoms with Crippen molar-refractivity contribution in [3.63, 3.8) is 0 Å². The number of aromatic hydroxyl groups is 1. The van der Waals surface area contributed by atoms with Gasteiger partial charge in [0, 0.05) is 17.8 Å². The molecule has 0 radical (unpaired) electrons. The van der Waals surface area contributed by atoms with Crippen molar-refractivity contribution in [3.05, 3.63) is 32.9 Å². The van der Waals surface area contributed by atoms with Gasteiger partial charge in [0.25, 0.3) is 5.56 Å². The summed E-state index contributed by atoms with van der Waals surface area (Å²) in [6.45, 7) is 4.53. The van der Waals surface area contributed by atoms with E-state index in [1.54, 1.807) is 0 Å². The van der Waals surface area contributed by atoms with Crippen LogP contribution in [0, 0.1) is 13.8 Å². The van der Waals surface area contributed by atoms with Crippen molar-refractivity contribution >= 4 is 18.4 Å². The average molecular weight is 326 g/mol. The number of carboxylic acids is 1. The number of hydrogen-bond acceptors (Lipinski definition) is 4. The molecule has 3 heterocycles. The van der Waals surface area contributed by atoms with Gasteiger partial charge in [-0.2, -0.15) is 0 Å². The summed E-state index contributed by atoms with van der Waals surface area (Å²) in [7, 11) is 0. The molecule has 3 N–H and O–H groups in total. The zero-order chi connectivity index (χ0) is 15.3. The fourth-order valence-corrected chi connectivity index (χ4v) is 2.79. The second-order valence-corrected chi connectivity index (χ2v) is 5.20. The Morgan fingerprint density at radius 1 is 1.36 bits per heavy atom. The molecular weight excluding hydrogens is 310 g/mol. The van der Waals surface area contributed by atoms with E-state index in [0.29, 0.717) is 30.0 Å². The van der Waals surface area contributed by atoms with E-state index < -0.39 is 22.8 Å². The van der Waals surface area contributed by atoms with E-state index >= 15 is 0 Å². The number of imidazole rings is 1. The monoisotopic (exact) mass is 325 g/mol. The lowest BCUT2D eigenvalue weighted by atomic mass is 10.0. The third-order valence-electron chi connectivity index (χ3n) is 3.99. The summed E-state index contributed by atoms with van der Waals surface area (Å²) in [5.41, 5.74) is 1.28. The molecule has 0 bridgehead atoms. The minimum atomic E-state index is -1.43. The molecule has 118 valence electrons. The van der Waals surface area contributed by atoms with Crippen LogP contribution in [0.15, 0.2) is 4.79 Å². The number of aromatic carboxylic acids is 1. The van der Waals surface area contributed by atoms with E-state index in [2.05, 4.69) is 9.97 Å². The molecule has 7 nitrogen and oxygen atoms in total. The highest BCUT2D eigenvalue weighted by atomic mass is 35.5. The fraction of sp³-hybridized carbons (Fsp3) is 0.357. The molecule has 1 aliphatic heterocycles. The number of aryl methyl sites for hydroxylation is 1. The van der Waals surface area contributed by atoms with Crippen LogP contribution in [0.3, 0.4) is 0 Å². The van der Waals surface area contributed by atoms with Gasteiger partial charge in [-0.3, -0.25) is 4.79 Å². The molecule has 2 aromatic rings. The second-order valence-electron chi connectivity index (χ2n) is 5.20. The Bertz CT molecular complexity index is 822. The highest BCUT2D eigenvalue weighted by Crippen LogP contribution is 2.33. The number of nitrogens with one attached hydrogen (secondary N) is 1. The number of H-pyrrole nitrogens is 1. The SMILES string of the molecule is Cc1nc2n(c1C)CCCc1c-2[nH]c(=O)c(C(=O)O)c1O.Cl. The van der Waals surface area contributed by atoms with Gasteiger partial charge in [0.2, 0.25) is 0 Å². The molecule has 0 aliphatic carbocycles. The quantitative estimate of drug-likeness (QED) is 0.738. The van der Waals surface area contributed by atoms with E-state index in [1.807, 2.05) is 18.4 Å². The Labute approximate surface area is 132 Å². The van der Waals surface area contributed by atoms with Crippen molar-refractivity contribution in [2.75, 3.05) is 0 Å². The predicted octanol–water partition coefficient (Wildman–Crippen LogP) is 1.63. The van der Waals surface area contributed by atoms with Gasteiger partial charge in [0.15, 0.2) is 11.4 Å². The topological polar surface area (TPSA) is 108 Å². The van der Waals surface area contributed by atoms with Gasteiger partial charge in [0.1, 0.15) is 5.75 Å². The van der Waals surface area contributed by atoms with Crippen LogP contribution in [0.5, 0.6) is 5.75 Å². The number of pyridine rings is 1. The summed E-state index contributed by atoms with van der Waals surface area (Å²) in [5.74, 6) is -1.31. The van der Waals surface area contributed by atoms with Crippen LogP contribution in [0.4, 0.5) is 0 Å². The molecule has 0 atom stereocenters.